The van der Waals surface area contributed by atoms with Crippen LogP contribution in [0.15, 0.2) is 66.7 Å². The first-order valence-electron chi connectivity index (χ1n) is 11.2. The second-order valence-corrected chi connectivity index (χ2v) is 8.53. The van der Waals surface area contributed by atoms with Crippen molar-refractivity contribution in [2.75, 3.05) is 13.1 Å². The van der Waals surface area contributed by atoms with E-state index in [2.05, 4.69) is 45.9 Å². The molecule has 7 heteroatoms. The summed E-state index contributed by atoms with van der Waals surface area (Å²) in [6, 6.07) is 19.6. The average molecular weight is 456 g/mol. The molecule has 1 heterocycles. The summed E-state index contributed by atoms with van der Waals surface area (Å²) in [5, 5.41) is 8.60. The lowest BCUT2D eigenvalue weighted by Gasteiger charge is -2.23. The number of benzene rings is 3. The van der Waals surface area contributed by atoms with Gasteiger partial charge in [0, 0.05) is 32.2 Å². The molecule has 0 spiro atoms. The number of likely N-dealkylation sites (N-methyl/N-ethyl adjacent to an activating group) is 1. The molecule has 0 radical (unpaired) electrons. The molecular weight excluding hydrogens is 427 g/mol. The molecule has 1 saturated heterocycles. The first kappa shape index (κ1) is 23.3. The Labute approximate surface area is 191 Å². The Kier molecular flexibility index (Phi) is 7.00. The van der Waals surface area contributed by atoms with Gasteiger partial charge in [-0.25, -0.2) is 0 Å². The van der Waals surface area contributed by atoms with Gasteiger partial charge in [0.05, 0.1) is 11.6 Å². The van der Waals surface area contributed by atoms with Crippen molar-refractivity contribution in [3.8, 4) is 0 Å². The van der Waals surface area contributed by atoms with Crippen molar-refractivity contribution in [2.45, 2.75) is 44.7 Å². The van der Waals surface area contributed by atoms with E-state index in [4.69, 9.17) is 0 Å². The fourth-order valence-electron chi connectivity index (χ4n) is 4.48. The van der Waals surface area contributed by atoms with E-state index in [1.165, 1.54) is 17.5 Å². The number of amides is 1. The molecule has 2 N–H and O–H groups in total. The quantitative estimate of drug-likeness (QED) is 0.542. The van der Waals surface area contributed by atoms with E-state index in [9.17, 15) is 18.0 Å². The van der Waals surface area contributed by atoms with Crippen molar-refractivity contribution in [1.82, 2.24) is 15.5 Å². The van der Waals surface area contributed by atoms with E-state index in [1.54, 1.807) is 6.07 Å². The van der Waals surface area contributed by atoms with Crippen LogP contribution in [0.1, 0.15) is 30.0 Å². The van der Waals surface area contributed by atoms with E-state index in [0.29, 0.717) is 38.2 Å². The molecule has 1 aliphatic heterocycles. The lowest BCUT2D eigenvalue weighted by atomic mass is 10.1. The summed E-state index contributed by atoms with van der Waals surface area (Å²) >= 11 is 0. The average Bonchev–Trinajstić information content (AvgIpc) is 3.20. The number of nitrogens with one attached hydrogen (secondary N) is 2. The molecule has 4 nitrogen and oxygen atoms in total. The number of halogens is 3. The molecule has 0 aromatic heterocycles. The van der Waals surface area contributed by atoms with E-state index in [1.807, 2.05) is 19.1 Å². The molecule has 0 unspecified atom stereocenters. The number of carbonyl (C=O) groups is 1. The topological polar surface area (TPSA) is 44.4 Å². The summed E-state index contributed by atoms with van der Waals surface area (Å²) in [4.78, 5) is 14.9. The molecule has 0 saturated carbocycles. The zero-order chi connectivity index (χ0) is 23.4. The van der Waals surface area contributed by atoms with Gasteiger partial charge < -0.3 is 10.6 Å². The molecule has 174 valence electrons. The molecule has 33 heavy (non-hydrogen) atoms. The maximum atomic E-state index is 13.0. The van der Waals surface area contributed by atoms with Gasteiger partial charge in [-0.2, -0.15) is 13.2 Å². The molecule has 1 aliphatic rings. The Balaban J connectivity index is 1.45. The van der Waals surface area contributed by atoms with Gasteiger partial charge in [-0.1, -0.05) is 54.6 Å². The predicted molar refractivity (Wildman–Crippen MR) is 124 cm³/mol. The van der Waals surface area contributed by atoms with Crippen LogP contribution >= 0.6 is 0 Å². The largest absolute Gasteiger partial charge is 0.416 e. The van der Waals surface area contributed by atoms with Gasteiger partial charge in [0.15, 0.2) is 0 Å². The van der Waals surface area contributed by atoms with Crippen LogP contribution in [0.3, 0.4) is 0 Å². The highest BCUT2D eigenvalue weighted by atomic mass is 19.4. The third-order valence-corrected chi connectivity index (χ3v) is 6.11. The minimum atomic E-state index is -4.36. The Morgan fingerprint density at radius 1 is 1.00 bits per heavy atom. The molecule has 4 rings (SSSR count). The Morgan fingerprint density at radius 2 is 1.79 bits per heavy atom. The summed E-state index contributed by atoms with van der Waals surface area (Å²) in [5.74, 6) is -0.0124. The van der Waals surface area contributed by atoms with E-state index < -0.39 is 11.7 Å². The summed E-state index contributed by atoms with van der Waals surface area (Å²) in [7, 11) is 0. The summed E-state index contributed by atoms with van der Waals surface area (Å²) < 4.78 is 39.0. The first-order valence-corrected chi connectivity index (χ1v) is 11.2. The highest BCUT2D eigenvalue weighted by Crippen LogP contribution is 2.30. The van der Waals surface area contributed by atoms with Gasteiger partial charge in [0.2, 0.25) is 5.91 Å². The van der Waals surface area contributed by atoms with Gasteiger partial charge in [-0.3, -0.25) is 9.69 Å². The van der Waals surface area contributed by atoms with Crippen molar-refractivity contribution in [3.63, 3.8) is 0 Å². The van der Waals surface area contributed by atoms with Crippen molar-refractivity contribution in [1.29, 1.82) is 0 Å². The lowest BCUT2D eigenvalue weighted by molar-refractivity contribution is -0.137. The minimum Gasteiger partial charge on any atom is -0.355 e. The normalized spacial score (nSPS) is 19.2. The van der Waals surface area contributed by atoms with Crippen LogP contribution in [-0.2, 0) is 24.1 Å². The highest BCUT2D eigenvalue weighted by Gasteiger charge is 2.36. The molecule has 0 bridgehead atoms. The summed E-state index contributed by atoms with van der Waals surface area (Å²) in [5.41, 5.74) is 1.06. The van der Waals surface area contributed by atoms with Crippen LogP contribution in [0, 0.1) is 0 Å². The SMILES string of the molecule is CCNC(=O)[C@@H]1C[C@@H](NCc2cccc(C(F)(F)F)c2)CN1Cc1ccc2ccccc2c1. The van der Waals surface area contributed by atoms with Gasteiger partial charge in [0.1, 0.15) is 0 Å². The van der Waals surface area contributed by atoms with Crippen LogP contribution in [-0.4, -0.2) is 36.0 Å². The van der Waals surface area contributed by atoms with Crippen LogP contribution in [0.2, 0.25) is 0 Å². The van der Waals surface area contributed by atoms with E-state index in [-0.39, 0.29) is 18.0 Å². The van der Waals surface area contributed by atoms with Gasteiger partial charge in [-0.05, 0) is 47.4 Å². The van der Waals surface area contributed by atoms with Crippen molar-refractivity contribution in [2.24, 2.45) is 0 Å². The molecular formula is C26H28F3N3O. The number of carbonyl (C=O) groups excluding carboxylic acids is 1. The van der Waals surface area contributed by atoms with E-state index >= 15 is 0 Å². The third kappa shape index (κ3) is 5.72. The van der Waals surface area contributed by atoms with Crippen LogP contribution in [0.25, 0.3) is 10.8 Å². The van der Waals surface area contributed by atoms with Crippen LogP contribution in [0.5, 0.6) is 0 Å². The predicted octanol–water partition coefficient (Wildman–Crippen LogP) is 4.73. The van der Waals surface area contributed by atoms with Gasteiger partial charge >= 0.3 is 6.18 Å². The summed E-state index contributed by atoms with van der Waals surface area (Å²) in [6.45, 7) is 4.05. The smallest absolute Gasteiger partial charge is 0.355 e. The molecule has 3 aromatic carbocycles. The Morgan fingerprint density at radius 3 is 2.55 bits per heavy atom. The number of hydrogen-bond acceptors (Lipinski definition) is 3. The fraction of sp³-hybridized carbons (Fsp3) is 0.346. The maximum absolute atomic E-state index is 13.0. The Bertz CT molecular complexity index is 1120. The fourth-order valence-corrected chi connectivity index (χ4v) is 4.48. The minimum absolute atomic E-state index is 0.00704. The molecule has 2 atom stereocenters. The number of hydrogen-bond donors (Lipinski definition) is 2. The zero-order valence-corrected chi connectivity index (χ0v) is 18.5. The second kappa shape index (κ2) is 9.93. The second-order valence-electron chi connectivity index (χ2n) is 8.53. The Hall–Kier alpha value is -2.90. The van der Waals surface area contributed by atoms with E-state index in [0.717, 1.165) is 17.0 Å². The number of nitrogens with zero attached hydrogens (tertiary/aromatic N) is 1. The molecule has 1 fully saturated rings. The molecule has 3 aromatic rings. The molecule has 0 aliphatic carbocycles. The van der Waals surface area contributed by atoms with Crippen molar-refractivity contribution < 1.29 is 18.0 Å². The standard InChI is InChI=1S/C26H28F3N3O/c1-2-30-25(33)24-14-23(31-15-18-6-5-9-22(13-18)26(27,28)29)17-32(24)16-19-10-11-20-7-3-4-8-21(20)12-19/h3-13,23-24,31H,2,14-17H2,1H3,(H,30,33)/t23-,24+/m1/s1. The lowest BCUT2D eigenvalue weighted by Crippen LogP contribution is -2.42. The molecule has 1 amide bonds. The first-order chi connectivity index (χ1) is 15.8. The zero-order valence-electron chi connectivity index (χ0n) is 18.5. The van der Waals surface area contributed by atoms with Crippen molar-refractivity contribution >= 4 is 16.7 Å². The highest BCUT2D eigenvalue weighted by molar-refractivity contribution is 5.83. The third-order valence-electron chi connectivity index (χ3n) is 6.11. The number of fused-ring (bicyclic) bond motifs is 1. The van der Waals surface area contributed by atoms with Crippen LogP contribution < -0.4 is 10.6 Å². The maximum Gasteiger partial charge on any atom is 0.416 e. The number of alkyl halides is 3. The van der Waals surface area contributed by atoms with Gasteiger partial charge in [0.25, 0.3) is 0 Å². The van der Waals surface area contributed by atoms with Gasteiger partial charge in [-0.15, -0.1) is 0 Å². The van der Waals surface area contributed by atoms with Crippen LogP contribution in [0.4, 0.5) is 13.2 Å². The van der Waals surface area contributed by atoms with Crippen molar-refractivity contribution in [3.05, 3.63) is 83.4 Å². The number of rotatable bonds is 7. The summed E-state index contributed by atoms with van der Waals surface area (Å²) in [6.07, 6.45) is -3.75. The number of likely N-dealkylation sites (tertiary alicyclic amines) is 1. The monoisotopic (exact) mass is 455 g/mol.